The summed E-state index contributed by atoms with van der Waals surface area (Å²) in [6, 6.07) is 10.5. The van der Waals surface area contributed by atoms with Gasteiger partial charge in [-0.15, -0.1) is 11.8 Å². The van der Waals surface area contributed by atoms with Gasteiger partial charge in [-0.05, 0) is 37.9 Å². The second kappa shape index (κ2) is 11.7. The predicted octanol–water partition coefficient (Wildman–Crippen LogP) is 5.16. The molecule has 3 heterocycles. The number of carbonyl (C=O) groups is 1. The van der Waals surface area contributed by atoms with Crippen molar-refractivity contribution in [3.05, 3.63) is 41.9 Å². The van der Waals surface area contributed by atoms with Crippen LogP contribution in [0.15, 0.2) is 35.2 Å². The smallest absolute Gasteiger partial charge is 0.227 e. The fraction of sp³-hybridized carbons (Fsp3) is 0.607. The van der Waals surface area contributed by atoms with E-state index < -0.39 is 0 Å². The second-order valence-corrected chi connectivity index (χ2v) is 11.8. The summed E-state index contributed by atoms with van der Waals surface area (Å²) in [6.07, 6.45) is 4.87. The van der Waals surface area contributed by atoms with E-state index in [-0.39, 0.29) is 11.3 Å². The summed E-state index contributed by atoms with van der Waals surface area (Å²) < 4.78 is 0. The Morgan fingerprint density at radius 1 is 1.00 bits per heavy atom. The van der Waals surface area contributed by atoms with Gasteiger partial charge >= 0.3 is 0 Å². The average molecular weight is 496 g/mol. The van der Waals surface area contributed by atoms with E-state index in [0.29, 0.717) is 6.42 Å². The number of rotatable bonds is 8. The van der Waals surface area contributed by atoms with Crippen molar-refractivity contribution in [2.24, 2.45) is 0 Å². The van der Waals surface area contributed by atoms with Crippen LogP contribution in [0.3, 0.4) is 0 Å². The van der Waals surface area contributed by atoms with E-state index in [4.69, 9.17) is 9.97 Å². The number of piperazine rings is 1. The number of fused-ring (bicyclic) bond motifs is 1. The SMILES string of the molecule is CCCc1cc(N2CCN(CCCCN3C(=O)CCSc4ccccc43)CC2)nc(C(C)(C)C)n1. The van der Waals surface area contributed by atoms with E-state index in [1.807, 2.05) is 11.0 Å². The average Bonchev–Trinajstić information content (AvgIpc) is 3.00. The maximum Gasteiger partial charge on any atom is 0.227 e. The van der Waals surface area contributed by atoms with E-state index in [9.17, 15) is 4.79 Å². The van der Waals surface area contributed by atoms with Gasteiger partial charge in [0, 0.05) is 67.0 Å². The molecule has 0 unspecified atom stereocenters. The highest BCUT2D eigenvalue weighted by Crippen LogP contribution is 2.34. The van der Waals surface area contributed by atoms with Gasteiger partial charge < -0.3 is 9.80 Å². The first-order valence-electron chi connectivity index (χ1n) is 13.2. The van der Waals surface area contributed by atoms with Crippen LogP contribution in [0.25, 0.3) is 0 Å². The quantitative estimate of drug-likeness (QED) is 0.472. The molecule has 1 amide bonds. The number of aryl methyl sites for hydroxylation is 1. The second-order valence-electron chi connectivity index (χ2n) is 10.7. The summed E-state index contributed by atoms with van der Waals surface area (Å²) in [5, 5.41) is 0. The van der Waals surface area contributed by atoms with Crippen molar-refractivity contribution in [3.8, 4) is 0 Å². The normalized spacial score (nSPS) is 17.4. The van der Waals surface area contributed by atoms with Crippen molar-refractivity contribution >= 4 is 29.2 Å². The van der Waals surface area contributed by atoms with Gasteiger partial charge in [0.15, 0.2) is 0 Å². The number of hydrogen-bond acceptors (Lipinski definition) is 6. The van der Waals surface area contributed by atoms with Crippen LogP contribution in [0.4, 0.5) is 11.5 Å². The van der Waals surface area contributed by atoms with E-state index in [1.54, 1.807) is 11.8 Å². The van der Waals surface area contributed by atoms with Gasteiger partial charge in [0.25, 0.3) is 0 Å². The fourth-order valence-corrected chi connectivity index (χ4v) is 5.73. The number of amides is 1. The maximum atomic E-state index is 12.7. The third kappa shape index (κ3) is 6.76. The van der Waals surface area contributed by atoms with E-state index in [2.05, 4.69) is 61.8 Å². The van der Waals surface area contributed by atoms with Crippen molar-refractivity contribution < 1.29 is 4.79 Å². The molecular formula is C28H41N5OS. The van der Waals surface area contributed by atoms with Crippen LogP contribution < -0.4 is 9.80 Å². The lowest BCUT2D eigenvalue weighted by atomic mass is 9.95. The van der Waals surface area contributed by atoms with Gasteiger partial charge in [0.05, 0.1) is 5.69 Å². The molecule has 1 saturated heterocycles. The van der Waals surface area contributed by atoms with Crippen LogP contribution >= 0.6 is 11.8 Å². The zero-order chi connectivity index (χ0) is 24.8. The summed E-state index contributed by atoms with van der Waals surface area (Å²) in [5.74, 6) is 3.17. The first-order valence-corrected chi connectivity index (χ1v) is 14.2. The molecule has 0 N–H and O–H groups in total. The van der Waals surface area contributed by atoms with Gasteiger partial charge in [0.1, 0.15) is 11.6 Å². The van der Waals surface area contributed by atoms with Crippen molar-refractivity contribution in [3.63, 3.8) is 0 Å². The largest absolute Gasteiger partial charge is 0.354 e. The Hall–Kier alpha value is -2.12. The number of anilines is 2. The Bertz CT molecular complexity index is 997. The van der Waals surface area contributed by atoms with E-state index >= 15 is 0 Å². The third-order valence-corrected chi connectivity index (χ3v) is 7.84. The molecule has 2 aromatic rings. The number of thioether (sulfide) groups is 1. The van der Waals surface area contributed by atoms with Crippen LogP contribution in [-0.4, -0.2) is 65.8 Å². The molecule has 35 heavy (non-hydrogen) atoms. The minimum absolute atomic E-state index is 0.0473. The van der Waals surface area contributed by atoms with Crippen LogP contribution in [0, 0.1) is 0 Å². The number of aromatic nitrogens is 2. The highest BCUT2D eigenvalue weighted by molar-refractivity contribution is 7.99. The molecule has 0 spiro atoms. The first kappa shape index (κ1) is 26.0. The molecule has 0 saturated carbocycles. The standard InChI is InChI=1S/C28H41N5OS/c1-5-10-22-21-25(30-27(29-22)28(2,3)4)32-18-16-31(17-19-32)14-8-9-15-33-23-11-6-7-12-24(23)35-20-13-26(33)34/h6-7,11-12,21H,5,8-10,13-20H2,1-4H3. The molecule has 1 aromatic carbocycles. The van der Waals surface area contributed by atoms with Gasteiger partial charge in [0.2, 0.25) is 5.91 Å². The van der Waals surface area contributed by atoms with Crippen molar-refractivity contribution in [1.82, 2.24) is 14.9 Å². The molecule has 0 aliphatic carbocycles. The zero-order valence-corrected chi connectivity index (χ0v) is 22.7. The monoisotopic (exact) mass is 495 g/mol. The van der Waals surface area contributed by atoms with E-state index in [1.165, 1.54) is 4.90 Å². The molecule has 2 aliphatic rings. The molecular weight excluding hydrogens is 454 g/mol. The minimum atomic E-state index is -0.0473. The lowest BCUT2D eigenvalue weighted by molar-refractivity contribution is -0.118. The Kier molecular flexibility index (Phi) is 8.71. The van der Waals surface area contributed by atoms with Crippen LogP contribution in [0.2, 0.25) is 0 Å². The molecule has 6 nitrogen and oxygen atoms in total. The Morgan fingerprint density at radius 2 is 1.74 bits per heavy atom. The number of hydrogen-bond donors (Lipinski definition) is 0. The lowest BCUT2D eigenvalue weighted by Crippen LogP contribution is -2.47. The summed E-state index contributed by atoms with van der Waals surface area (Å²) in [7, 11) is 0. The number of unbranched alkanes of at least 4 members (excludes halogenated alkanes) is 1. The molecule has 0 atom stereocenters. The topological polar surface area (TPSA) is 52.6 Å². The minimum Gasteiger partial charge on any atom is -0.354 e. The van der Waals surface area contributed by atoms with E-state index in [0.717, 1.165) is 93.7 Å². The zero-order valence-electron chi connectivity index (χ0n) is 21.9. The molecule has 190 valence electrons. The summed E-state index contributed by atoms with van der Waals surface area (Å²) in [5.41, 5.74) is 2.21. The third-order valence-electron chi connectivity index (χ3n) is 6.78. The van der Waals surface area contributed by atoms with Crippen molar-refractivity contribution in [1.29, 1.82) is 0 Å². The molecule has 2 aliphatic heterocycles. The van der Waals surface area contributed by atoms with Gasteiger partial charge in [-0.1, -0.05) is 46.2 Å². The number of benzene rings is 1. The number of nitrogens with zero attached hydrogens (tertiary/aromatic N) is 5. The van der Waals surface area contributed by atoms with Gasteiger partial charge in [-0.2, -0.15) is 0 Å². The summed E-state index contributed by atoms with van der Waals surface area (Å²) in [4.78, 5) is 30.7. The van der Waals surface area contributed by atoms with Crippen LogP contribution in [0.5, 0.6) is 0 Å². The van der Waals surface area contributed by atoms with Gasteiger partial charge in [-0.25, -0.2) is 9.97 Å². The van der Waals surface area contributed by atoms with Gasteiger partial charge in [-0.3, -0.25) is 9.69 Å². The number of para-hydroxylation sites is 1. The van der Waals surface area contributed by atoms with Crippen molar-refractivity contribution in [2.75, 3.05) is 54.8 Å². The summed E-state index contributed by atoms with van der Waals surface area (Å²) in [6.45, 7) is 14.8. The molecule has 4 rings (SSSR count). The molecule has 0 bridgehead atoms. The van der Waals surface area contributed by atoms with Crippen LogP contribution in [-0.2, 0) is 16.6 Å². The Balaban J connectivity index is 1.27. The Morgan fingerprint density at radius 3 is 2.49 bits per heavy atom. The van der Waals surface area contributed by atoms with Crippen molar-refractivity contribution in [2.45, 2.75) is 70.1 Å². The molecule has 7 heteroatoms. The highest BCUT2D eigenvalue weighted by atomic mass is 32.2. The summed E-state index contributed by atoms with van der Waals surface area (Å²) >= 11 is 1.80. The van der Waals surface area contributed by atoms with Crippen LogP contribution in [0.1, 0.15) is 64.9 Å². The molecule has 0 radical (unpaired) electrons. The maximum absolute atomic E-state index is 12.7. The highest BCUT2D eigenvalue weighted by Gasteiger charge is 2.24. The Labute approximate surface area is 215 Å². The predicted molar refractivity (Wildman–Crippen MR) is 147 cm³/mol. The molecule has 1 aromatic heterocycles. The number of carbonyl (C=O) groups excluding carboxylic acids is 1. The fourth-order valence-electron chi connectivity index (χ4n) is 4.74. The molecule has 1 fully saturated rings. The first-order chi connectivity index (χ1) is 16.8. The lowest BCUT2D eigenvalue weighted by Gasteiger charge is -2.36.